The maximum absolute atomic E-state index is 13.5. The predicted molar refractivity (Wildman–Crippen MR) is 143 cm³/mol. The highest BCUT2D eigenvalue weighted by Crippen LogP contribution is 2.26. The number of sulfonamides is 1. The molecule has 0 heterocycles. The number of hydrazone groups is 1. The molecule has 184 valence electrons. The molecule has 4 aromatic carbocycles. The lowest BCUT2D eigenvalue weighted by molar-refractivity contribution is -0.119. The molecule has 0 fully saturated rings. The van der Waals surface area contributed by atoms with Crippen LogP contribution in [-0.4, -0.2) is 33.7 Å². The Kier molecular flexibility index (Phi) is 7.65. The first-order valence-corrected chi connectivity index (χ1v) is 12.9. The van der Waals surface area contributed by atoms with Gasteiger partial charge < -0.3 is 4.74 Å². The number of aryl methyl sites for hydroxylation is 1. The number of carbonyl (C=O) groups is 1. The molecule has 0 aliphatic rings. The summed E-state index contributed by atoms with van der Waals surface area (Å²) in [5.41, 5.74) is 4.57. The van der Waals surface area contributed by atoms with Crippen LogP contribution in [0.1, 0.15) is 18.1 Å². The zero-order valence-electron chi connectivity index (χ0n) is 20.1. The van der Waals surface area contributed by atoms with E-state index in [4.69, 9.17) is 4.74 Å². The lowest BCUT2D eigenvalue weighted by Gasteiger charge is -2.24. The quantitative estimate of drug-likeness (QED) is 0.261. The summed E-state index contributed by atoms with van der Waals surface area (Å²) in [5.74, 6) is 0.0362. The van der Waals surface area contributed by atoms with Crippen molar-refractivity contribution in [2.75, 3.05) is 17.5 Å². The second kappa shape index (κ2) is 11.0. The fraction of sp³-hybridized carbons (Fsp3) is 0.143. The van der Waals surface area contributed by atoms with Crippen molar-refractivity contribution in [2.24, 2.45) is 5.10 Å². The average Bonchev–Trinajstić information content (AvgIpc) is 2.88. The van der Waals surface area contributed by atoms with Crippen LogP contribution in [0.5, 0.6) is 5.75 Å². The van der Waals surface area contributed by atoms with Crippen LogP contribution in [0.15, 0.2) is 101 Å². The number of fused-ring (bicyclic) bond motifs is 1. The van der Waals surface area contributed by atoms with Crippen molar-refractivity contribution in [3.8, 4) is 5.75 Å². The highest BCUT2D eigenvalue weighted by atomic mass is 32.2. The van der Waals surface area contributed by atoms with Crippen molar-refractivity contribution in [2.45, 2.75) is 18.7 Å². The summed E-state index contributed by atoms with van der Waals surface area (Å²) < 4.78 is 33.5. The molecule has 1 N–H and O–H groups in total. The van der Waals surface area contributed by atoms with Gasteiger partial charge in [0.25, 0.3) is 15.9 Å². The smallest absolute Gasteiger partial charge is 0.264 e. The Morgan fingerprint density at radius 1 is 0.944 bits per heavy atom. The Morgan fingerprint density at radius 2 is 1.64 bits per heavy atom. The number of hydrogen-bond donors (Lipinski definition) is 1. The minimum atomic E-state index is -4.02. The van der Waals surface area contributed by atoms with Crippen LogP contribution in [0.2, 0.25) is 0 Å². The fourth-order valence-electron chi connectivity index (χ4n) is 3.73. The predicted octanol–water partition coefficient (Wildman–Crippen LogP) is 4.89. The van der Waals surface area contributed by atoms with Crippen LogP contribution in [0.3, 0.4) is 0 Å². The van der Waals surface area contributed by atoms with Crippen molar-refractivity contribution in [1.29, 1.82) is 0 Å². The fourth-order valence-corrected chi connectivity index (χ4v) is 5.15. The average molecular weight is 502 g/mol. The Hall–Kier alpha value is -4.17. The number of benzene rings is 4. The zero-order valence-corrected chi connectivity index (χ0v) is 20.9. The molecule has 0 bridgehead atoms. The molecular formula is C28H27N3O4S. The first kappa shape index (κ1) is 24.9. The molecule has 8 heteroatoms. The van der Waals surface area contributed by atoms with Gasteiger partial charge in [0.1, 0.15) is 12.3 Å². The molecule has 7 nitrogen and oxygen atoms in total. The summed E-state index contributed by atoms with van der Waals surface area (Å²) in [6, 6.07) is 26.7. The molecule has 4 aromatic rings. The van der Waals surface area contributed by atoms with Gasteiger partial charge >= 0.3 is 0 Å². The zero-order chi connectivity index (χ0) is 25.5. The van der Waals surface area contributed by atoms with Crippen LogP contribution >= 0.6 is 0 Å². The van der Waals surface area contributed by atoms with Gasteiger partial charge in [0.05, 0.1) is 23.4 Å². The second-order valence-electron chi connectivity index (χ2n) is 8.11. The number of rotatable bonds is 9. The maximum atomic E-state index is 13.5. The third-order valence-electron chi connectivity index (χ3n) is 5.55. The van der Waals surface area contributed by atoms with Gasteiger partial charge in [-0.15, -0.1) is 0 Å². The summed E-state index contributed by atoms with van der Waals surface area (Å²) in [6.07, 6.45) is 1.55. The van der Waals surface area contributed by atoms with E-state index in [1.807, 2.05) is 56.3 Å². The Morgan fingerprint density at radius 3 is 2.36 bits per heavy atom. The summed E-state index contributed by atoms with van der Waals surface area (Å²) in [5, 5.41) is 6.13. The van der Waals surface area contributed by atoms with E-state index < -0.39 is 22.5 Å². The molecule has 0 aliphatic carbocycles. The Balaban J connectivity index is 1.57. The molecule has 0 spiro atoms. The molecule has 0 saturated carbocycles. The number of anilines is 1. The topological polar surface area (TPSA) is 88.1 Å². The van der Waals surface area contributed by atoms with Crippen molar-refractivity contribution >= 4 is 38.6 Å². The van der Waals surface area contributed by atoms with Crippen LogP contribution < -0.4 is 14.5 Å². The maximum Gasteiger partial charge on any atom is 0.264 e. The van der Waals surface area contributed by atoms with Gasteiger partial charge in [-0.3, -0.25) is 9.10 Å². The Bertz CT molecular complexity index is 1480. The molecule has 4 rings (SSSR count). The highest BCUT2D eigenvalue weighted by molar-refractivity contribution is 7.92. The van der Waals surface area contributed by atoms with Gasteiger partial charge in [-0.1, -0.05) is 60.2 Å². The summed E-state index contributed by atoms with van der Waals surface area (Å²) >= 11 is 0. The van der Waals surface area contributed by atoms with Gasteiger partial charge in [0, 0.05) is 5.56 Å². The number of nitrogens with one attached hydrogen (secondary N) is 1. The third-order valence-corrected chi connectivity index (χ3v) is 7.34. The lowest BCUT2D eigenvalue weighted by Crippen LogP contribution is -2.39. The summed E-state index contributed by atoms with van der Waals surface area (Å²) in [7, 11) is -4.02. The molecule has 36 heavy (non-hydrogen) atoms. The van der Waals surface area contributed by atoms with Gasteiger partial charge in [-0.05, 0) is 61.0 Å². The molecule has 0 saturated heterocycles. The second-order valence-corrected chi connectivity index (χ2v) is 9.98. The van der Waals surface area contributed by atoms with Crippen LogP contribution in [0.25, 0.3) is 10.8 Å². The largest absolute Gasteiger partial charge is 0.494 e. The van der Waals surface area contributed by atoms with Crippen molar-refractivity contribution in [3.05, 3.63) is 102 Å². The van der Waals surface area contributed by atoms with E-state index in [0.717, 1.165) is 26.2 Å². The lowest BCUT2D eigenvalue weighted by atomic mass is 10.1. The number of ether oxygens (including phenoxy) is 1. The standard InChI is InChI=1S/C28H27N3O4S/c1-3-35-25-15-13-24(14-16-25)31(36(33,34)26-17-11-21(2)12-18-26)20-28(32)30-29-19-23-9-6-8-22-7-4-5-10-27(22)23/h4-19H,3,20H2,1-2H3,(H,30,32)/b29-19-. The molecule has 0 radical (unpaired) electrons. The monoisotopic (exact) mass is 501 g/mol. The summed E-state index contributed by atoms with van der Waals surface area (Å²) in [4.78, 5) is 12.9. The van der Waals surface area contributed by atoms with Crippen molar-refractivity contribution < 1.29 is 17.9 Å². The first-order valence-electron chi connectivity index (χ1n) is 11.5. The molecule has 0 atom stereocenters. The van der Waals surface area contributed by atoms with E-state index in [1.54, 1.807) is 42.6 Å². The van der Waals surface area contributed by atoms with Crippen LogP contribution in [-0.2, 0) is 14.8 Å². The Labute approximate surface area is 211 Å². The van der Waals surface area contributed by atoms with Gasteiger partial charge in [-0.25, -0.2) is 13.8 Å². The molecule has 0 unspecified atom stereocenters. The number of carbonyl (C=O) groups excluding carboxylic acids is 1. The highest BCUT2D eigenvalue weighted by Gasteiger charge is 2.27. The summed E-state index contributed by atoms with van der Waals surface area (Å²) in [6.45, 7) is 3.78. The minimum Gasteiger partial charge on any atom is -0.494 e. The first-order chi connectivity index (χ1) is 17.4. The molecule has 0 aliphatic heterocycles. The normalized spacial score (nSPS) is 11.5. The number of hydrogen-bond acceptors (Lipinski definition) is 5. The van der Waals surface area contributed by atoms with E-state index in [-0.39, 0.29) is 4.90 Å². The SMILES string of the molecule is CCOc1ccc(N(CC(=O)N/N=C\c2cccc3ccccc23)S(=O)(=O)c2ccc(C)cc2)cc1. The van der Waals surface area contributed by atoms with Gasteiger partial charge in [0.15, 0.2) is 0 Å². The number of nitrogens with zero attached hydrogens (tertiary/aromatic N) is 2. The molecule has 0 aromatic heterocycles. The third kappa shape index (κ3) is 5.72. The van der Waals surface area contributed by atoms with E-state index >= 15 is 0 Å². The van der Waals surface area contributed by atoms with Crippen LogP contribution in [0, 0.1) is 6.92 Å². The molecular weight excluding hydrogens is 474 g/mol. The van der Waals surface area contributed by atoms with Crippen molar-refractivity contribution in [3.63, 3.8) is 0 Å². The van der Waals surface area contributed by atoms with E-state index in [9.17, 15) is 13.2 Å². The van der Waals surface area contributed by atoms with Gasteiger partial charge in [0.2, 0.25) is 0 Å². The van der Waals surface area contributed by atoms with Gasteiger partial charge in [-0.2, -0.15) is 5.10 Å². The van der Waals surface area contributed by atoms with Crippen molar-refractivity contribution in [1.82, 2.24) is 5.43 Å². The van der Waals surface area contributed by atoms with E-state index in [2.05, 4.69) is 10.5 Å². The van der Waals surface area contributed by atoms with E-state index in [1.165, 1.54) is 12.1 Å². The van der Waals surface area contributed by atoms with E-state index in [0.29, 0.717) is 18.0 Å². The van der Waals surface area contributed by atoms with Crippen LogP contribution in [0.4, 0.5) is 5.69 Å². The molecule has 1 amide bonds. The number of amides is 1. The minimum absolute atomic E-state index is 0.0917.